The summed E-state index contributed by atoms with van der Waals surface area (Å²) >= 11 is 7.51. The SMILES string of the molecule is CCCNC(=S)N1CCN(c2nc(C3CC3)nc3sc4c(c23)CCCC4)CC1. The molecule has 0 aromatic carbocycles. The van der Waals surface area contributed by atoms with E-state index in [2.05, 4.69) is 22.0 Å². The minimum atomic E-state index is 0.592. The Morgan fingerprint density at radius 1 is 1.14 bits per heavy atom. The lowest BCUT2D eigenvalue weighted by Gasteiger charge is -2.37. The van der Waals surface area contributed by atoms with Gasteiger partial charge in [-0.05, 0) is 62.7 Å². The van der Waals surface area contributed by atoms with Crippen molar-refractivity contribution in [2.45, 2.75) is 57.8 Å². The van der Waals surface area contributed by atoms with Crippen LogP contribution in [-0.4, -0.2) is 52.7 Å². The van der Waals surface area contributed by atoms with Crippen molar-refractivity contribution in [3.63, 3.8) is 0 Å². The maximum atomic E-state index is 5.57. The molecule has 5 rings (SSSR count). The molecule has 2 aromatic heterocycles. The predicted molar refractivity (Wildman–Crippen MR) is 121 cm³/mol. The fraction of sp³-hybridized carbons (Fsp3) is 0.667. The van der Waals surface area contributed by atoms with Crippen LogP contribution >= 0.6 is 23.6 Å². The number of rotatable bonds is 4. The molecule has 5 nitrogen and oxygen atoms in total. The van der Waals surface area contributed by atoms with Gasteiger partial charge in [-0.1, -0.05) is 6.92 Å². The molecule has 0 spiro atoms. The van der Waals surface area contributed by atoms with Gasteiger partial charge in [0.2, 0.25) is 0 Å². The summed E-state index contributed by atoms with van der Waals surface area (Å²) in [5.41, 5.74) is 1.55. The van der Waals surface area contributed by atoms with Crippen molar-refractivity contribution in [1.29, 1.82) is 0 Å². The average molecular weight is 416 g/mol. The molecule has 0 radical (unpaired) electrons. The average Bonchev–Trinajstić information content (AvgIpc) is 3.52. The summed E-state index contributed by atoms with van der Waals surface area (Å²) in [6.07, 6.45) is 8.64. The van der Waals surface area contributed by atoms with Crippen LogP contribution in [0.15, 0.2) is 0 Å². The Hall–Kier alpha value is -1.47. The molecule has 2 aliphatic carbocycles. The second kappa shape index (κ2) is 7.75. The van der Waals surface area contributed by atoms with E-state index in [9.17, 15) is 0 Å². The molecule has 0 bridgehead atoms. The molecule has 3 aliphatic rings. The quantitative estimate of drug-likeness (QED) is 0.765. The van der Waals surface area contributed by atoms with Crippen molar-refractivity contribution < 1.29 is 0 Å². The van der Waals surface area contributed by atoms with Crippen LogP contribution in [-0.2, 0) is 12.8 Å². The van der Waals surface area contributed by atoms with Gasteiger partial charge in [-0.3, -0.25) is 0 Å². The number of nitrogens with one attached hydrogen (secondary N) is 1. The first kappa shape index (κ1) is 18.6. The van der Waals surface area contributed by atoms with Crippen LogP contribution in [0.25, 0.3) is 10.2 Å². The molecule has 1 aliphatic heterocycles. The van der Waals surface area contributed by atoms with Gasteiger partial charge in [0, 0.05) is 43.5 Å². The highest BCUT2D eigenvalue weighted by molar-refractivity contribution is 7.80. The molecule has 2 fully saturated rings. The summed E-state index contributed by atoms with van der Waals surface area (Å²) in [4.78, 5) is 17.8. The third-order valence-corrected chi connectivity index (χ3v) is 7.74. The number of hydrogen-bond donors (Lipinski definition) is 1. The van der Waals surface area contributed by atoms with E-state index in [-0.39, 0.29) is 0 Å². The highest BCUT2D eigenvalue weighted by Crippen LogP contribution is 2.44. The fourth-order valence-corrected chi connectivity index (χ4v) is 5.92. The maximum absolute atomic E-state index is 5.57. The lowest BCUT2D eigenvalue weighted by Crippen LogP contribution is -2.52. The van der Waals surface area contributed by atoms with E-state index in [4.69, 9.17) is 22.2 Å². The van der Waals surface area contributed by atoms with E-state index >= 15 is 0 Å². The molecule has 3 heterocycles. The van der Waals surface area contributed by atoms with Gasteiger partial charge in [-0.15, -0.1) is 11.3 Å². The number of hydrogen-bond acceptors (Lipinski definition) is 5. The summed E-state index contributed by atoms with van der Waals surface area (Å²) in [6, 6.07) is 0. The first-order valence-corrected chi connectivity index (χ1v) is 12.1. The van der Waals surface area contributed by atoms with Crippen LogP contribution < -0.4 is 10.2 Å². The molecular formula is C21H29N5S2. The summed E-state index contributed by atoms with van der Waals surface area (Å²) in [6.45, 7) is 7.02. The van der Waals surface area contributed by atoms with Crippen molar-refractivity contribution in [2.24, 2.45) is 0 Å². The number of thiocarbonyl (C=S) groups is 1. The number of nitrogens with zero attached hydrogens (tertiary/aromatic N) is 4. The highest BCUT2D eigenvalue weighted by atomic mass is 32.1. The van der Waals surface area contributed by atoms with Gasteiger partial charge in [-0.2, -0.15) is 0 Å². The summed E-state index contributed by atoms with van der Waals surface area (Å²) in [5.74, 6) is 2.89. The Labute approximate surface area is 176 Å². The lowest BCUT2D eigenvalue weighted by atomic mass is 9.97. The van der Waals surface area contributed by atoms with Gasteiger partial charge >= 0.3 is 0 Å². The summed E-state index contributed by atoms with van der Waals surface area (Å²) in [7, 11) is 0. The Morgan fingerprint density at radius 3 is 2.68 bits per heavy atom. The molecular weight excluding hydrogens is 386 g/mol. The Bertz CT molecular complexity index is 881. The first-order chi connectivity index (χ1) is 13.7. The van der Waals surface area contributed by atoms with E-state index in [1.807, 2.05) is 11.3 Å². The minimum Gasteiger partial charge on any atom is -0.363 e. The summed E-state index contributed by atoms with van der Waals surface area (Å²) in [5, 5.41) is 5.64. The van der Waals surface area contributed by atoms with Crippen molar-refractivity contribution in [3.05, 3.63) is 16.3 Å². The van der Waals surface area contributed by atoms with E-state index in [0.717, 1.165) is 50.1 Å². The fourth-order valence-electron chi connectivity index (χ4n) is 4.37. The van der Waals surface area contributed by atoms with Crippen LogP contribution in [0.5, 0.6) is 0 Å². The van der Waals surface area contributed by atoms with Gasteiger partial charge in [0.25, 0.3) is 0 Å². The van der Waals surface area contributed by atoms with Crippen LogP contribution in [0.3, 0.4) is 0 Å². The molecule has 1 saturated carbocycles. The monoisotopic (exact) mass is 415 g/mol. The molecule has 1 saturated heterocycles. The Balaban J connectivity index is 1.43. The molecule has 0 amide bonds. The van der Waals surface area contributed by atoms with Crippen molar-refractivity contribution in [3.8, 4) is 0 Å². The second-order valence-electron chi connectivity index (χ2n) is 8.28. The third kappa shape index (κ3) is 3.47. The molecule has 0 atom stereocenters. The molecule has 28 heavy (non-hydrogen) atoms. The number of anilines is 1. The van der Waals surface area contributed by atoms with Crippen LogP contribution in [0, 0.1) is 0 Å². The third-order valence-electron chi connectivity index (χ3n) is 6.15. The highest BCUT2D eigenvalue weighted by Gasteiger charge is 2.31. The van der Waals surface area contributed by atoms with Crippen molar-refractivity contribution in [1.82, 2.24) is 20.2 Å². The normalized spacial score (nSPS) is 19.8. The summed E-state index contributed by atoms with van der Waals surface area (Å²) < 4.78 is 0. The number of piperazine rings is 1. The minimum absolute atomic E-state index is 0.592. The van der Waals surface area contributed by atoms with Gasteiger partial charge < -0.3 is 15.1 Å². The van der Waals surface area contributed by atoms with E-state index in [1.54, 1.807) is 10.4 Å². The molecule has 0 unspecified atom stereocenters. The Morgan fingerprint density at radius 2 is 1.93 bits per heavy atom. The maximum Gasteiger partial charge on any atom is 0.169 e. The number of thiophene rings is 1. The van der Waals surface area contributed by atoms with Gasteiger partial charge in [-0.25, -0.2) is 9.97 Å². The first-order valence-electron chi connectivity index (χ1n) is 10.8. The van der Waals surface area contributed by atoms with Crippen molar-refractivity contribution in [2.75, 3.05) is 37.6 Å². The zero-order valence-corrected chi connectivity index (χ0v) is 18.3. The zero-order chi connectivity index (χ0) is 19.1. The largest absolute Gasteiger partial charge is 0.363 e. The smallest absolute Gasteiger partial charge is 0.169 e. The van der Waals surface area contributed by atoms with Crippen LogP contribution in [0.4, 0.5) is 5.82 Å². The second-order valence-corrected chi connectivity index (χ2v) is 9.75. The standard InChI is InChI=1S/C21H29N5S2/c1-2-9-22-21(27)26-12-10-25(11-13-26)19-17-15-5-3-4-6-16(15)28-20(17)24-18(23-19)14-7-8-14/h14H,2-13H2,1H3,(H,22,27). The van der Waals surface area contributed by atoms with Crippen molar-refractivity contribution >= 4 is 44.7 Å². The molecule has 2 aromatic rings. The van der Waals surface area contributed by atoms with Gasteiger partial charge in [0.05, 0.1) is 5.39 Å². The number of fused-ring (bicyclic) bond motifs is 3. The van der Waals surface area contributed by atoms with E-state index in [0.29, 0.717) is 5.92 Å². The van der Waals surface area contributed by atoms with Crippen LogP contribution in [0.1, 0.15) is 61.2 Å². The van der Waals surface area contributed by atoms with Gasteiger partial charge in [0.1, 0.15) is 16.5 Å². The molecule has 7 heteroatoms. The van der Waals surface area contributed by atoms with Crippen LogP contribution in [0.2, 0.25) is 0 Å². The molecule has 1 N–H and O–H groups in total. The Kier molecular flexibility index (Phi) is 5.13. The number of aromatic nitrogens is 2. The predicted octanol–water partition coefficient (Wildman–Crippen LogP) is 3.85. The lowest BCUT2D eigenvalue weighted by molar-refractivity contribution is 0.379. The van der Waals surface area contributed by atoms with Gasteiger partial charge in [0.15, 0.2) is 5.11 Å². The van der Waals surface area contributed by atoms with E-state index < -0.39 is 0 Å². The zero-order valence-electron chi connectivity index (χ0n) is 16.7. The number of aryl methyl sites for hydroxylation is 2. The molecule has 150 valence electrons. The topological polar surface area (TPSA) is 44.3 Å². The van der Waals surface area contributed by atoms with E-state index in [1.165, 1.54) is 54.6 Å².